The minimum Gasteiger partial charge on any atom is -0.490 e. The Morgan fingerprint density at radius 3 is 3.60 bits per heavy atom. The Balaban J connectivity index is 2.92. The number of nitrogen functional groups attached to an aromatic ring is 1. The molecule has 0 spiro atoms. The molecular weight excluding hydrogens is 128 g/mol. The van der Waals surface area contributed by atoms with Gasteiger partial charge in [-0.05, 0) is 12.9 Å². The average molecular weight is 143 g/mol. The van der Waals surface area contributed by atoms with Gasteiger partial charge in [-0.3, -0.25) is 4.98 Å². The second-order valence-electron chi connectivity index (χ2n) is 1.62. The van der Waals surface area contributed by atoms with Gasteiger partial charge in [0.05, 0.1) is 21.2 Å². The fraction of sp³-hybridized carbons (Fsp3) is 0.286. The lowest BCUT2D eigenvalue weighted by Crippen LogP contribution is -1.96. The van der Waals surface area contributed by atoms with Crippen molar-refractivity contribution >= 4 is 5.69 Å². The highest BCUT2D eigenvalue weighted by atomic mass is 16.5. The monoisotopic (exact) mass is 143 g/mol. The van der Waals surface area contributed by atoms with Crippen molar-refractivity contribution < 1.29 is 11.6 Å². The molecule has 1 aromatic rings. The van der Waals surface area contributed by atoms with E-state index < -0.39 is 13.4 Å². The van der Waals surface area contributed by atoms with Gasteiger partial charge in [0.1, 0.15) is 0 Å². The van der Waals surface area contributed by atoms with Crippen LogP contribution >= 0.6 is 0 Å². The molecule has 0 aliphatic carbocycles. The van der Waals surface area contributed by atoms with Gasteiger partial charge in [0.25, 0.3) is 0 Å². The molecule has 0 radical (unpaired) electrons. The second-order valence-corrected chi connectivity index (χ2v) is 1.62. The summed E-state index contributed by atoms with van der Waals surface area (Å²) in [5.74, 6) is -0.0846. The van der Waals surface area contributed by atoms with Crippen LogP contribution in [0.2, 0.25) is 0 Å². The second kappa shape index (κ2) is 3.06. The molecule has 1 heterocycles. The van der Waals surface area contributed by atoms with E-state index in [9.17, 15) is 0 Å². The van der Waals surface area contributed by atoms with Crippen LogP contribution in [0.3, 0.4) is 0 Å². The van der Waals surface area contributed by atoms with Gasteiger partial charge < -0.3 is 10.5 Å². The lowest BCUT2D eigenvalue weighted by molar-refractivity contribution is 0.340. The van der Waals surface area contributed by atoms with Gasteiger partial charge in [0.15, 0.2) is 5.75 Å². The van der Waals surface area contributed by atoms with Crippen molar-refractivity contribution in [1.82, 2.24) is 4.98 Å². The molecule has 2 N–H and O–H groups in total. The topological polar surface area (TPSA) is 48.1 Å². The van der Waals surface area contributed by atoms with Crippen LogP contribution in [-0.2, 0) is 0 Å². The summed E-state index contributed by atoms with van der Waals surface area (Å²) >= 11 is 0. The van der Waals surface area contributed by atoms with E-state index in [0.29, 0.717) is 0 Å². The number of hydrogen-bond acceptors (Lipinski definition) is 3. The summed E-state index contributed by atoms with van der Waals surface area (Å²) in [6.45, 7) is -5.67. The highest BCUT2D eigenvalue weighted by molar-refractivity contribution is 5.49. The van der Waals surface area contributed by atoms with Crippen LogP contribution in [0.5, 0.6) is 5.75 Å². The highest BCUT2D eigenvalue weighted by Crippen LogP contribution is 2.17. The van der Waals surface area contributed by atoms with Gasteiger partial charge in [0.2, 0.25) is 0 Å². The molecule has 10 heavy (non-hydrogen) atoms. The first kappa shape index (κ1) is 2.78. The van der Waals surface area contributed by atoms with E-state index >= 15 is 0 Å². The van der Waals surface area contributed by atoms with Gasteiger partial charge >= 0.3 is 0 Å². The van der Waals surface area contributed by atoms with Crippen molar-refractivity contribution in [3.05, 3.63) is 18.5 Å². The smallest absolute Gasteiger partial charge is 0.160 e. The molecule has 54 valence electrons. The Hall–Kier alpha value is -1.25. The number of hydrogen-bond donors (Lipinski definition) is 1. The number of aromatic nitrogens is 1. The number of nitrogens with two attached hydrogens (primary N) is 1. The minimum absolute atomic E-state index is 0.0846. The summed E-state index contributed by atoms with van der Waals surface area (Å²) in [5.41, 5.74) is 5.59. The number of rotatable bonds is 2. The third kappa shape index (κ3) is 1.37. The number of pyridine rings is 1. The lowest BCUT2D eigenvalue weighted by Gasteiger charge is -2.03. The zero-order valence-electron chi connectivity index (χ0n) is 10.2. The Bertz CT molecular complexity index is 351. The van der Waals surface area contributed by atoms with Crippen LogP contribution in [0.25, 0.3) is 0 Å². The molecule has 1 aromatic heterocycles. The van der Waals surface area contributed by atoms with Crippen molar-refractivity contribution in [2.75, 3.05) is 12.3 Å². The lowest BCUT2D eigenvalue weighted by atomic mass is 10.4. The maximum absolute atomic E-state index is 7.21. The SMILES string of the molecule is [2H]C([2H])([2H])C([2H])([2H])Oc1cnccc1N. The molecule has 0 amide bonds. The third-order valence-electron chi connectivity index (χ3n) is 0.977. The summed E-state index contributed by atoms with van der Waals surface area (Å²) in [6.07, 6.45) is 2.56. The first-order chi connectivity index (χ1) is 6.74. The van der Waals surface area contributed by atoms with Crippen LogP contribution in [0, 0.1) is 0 Å². The van der Waals surface area contributed by atoms with Gasteiger partial charge in [-0.25, -0.2) is 0 Å². The molecule has 0 saturated heterocycles. The summed E-state index contributed by atoms with van der Waals surface area (Å²) in [5, 5.41) is 0. The third-order valence-corrected chi connectivity index (χ3v) is 0.977. The van der Waals surface area contributed by atoms with Gasteiger partial charge in [0, 0.05) is 10.3 Å². The zero-order chi connectivity index (χ0) is 11.7. The molecule has 3 heteroatoms. The van der Waals surface area contributed by atoms with E-state index in [4.69, 9.17) is 12.6 Å². The van der Waals surface area contributed by atoms with Crippen molar-refractivity contribution in [1.29, 1.82) is 0 Å². The number of nitrogens with zero attached hydrogens (tertiary/aromatic N) is 1. The van der Waals surface area contributed by atoms with E-state index in [-0.39, 0.29) is 11.4 Å². The predicted molar refractivity (Wildman–Crippen MR) is 39.8 cm³/mol. The molecule has 1 rings (SSSR count). The minimum atomic E-state index is -2.88. The molecule has 3 nitrogen and oxygen atoms in total. The van der Waals surface area contributed by atoms with E-state index in [2.05, 4.69) is 9.72 Å². The molecule has 0 aromatic carbocycles. The maximum Gasteiger partial charge on any atom is 0.160 e. The number of ether oxygens (including phenoxy) is 1. The summed E-state index contributed by atoms with van der Waals surface area (Å²) in [4.78, 5) is 3.66. The van der Waals surface area contributed by atoms with Crippen LogP contribution in [0.15, 0.2) is 18.5 Å². The van der Waals surface area contributed by atoms with Crippen molar-refractivity contribution in [3.63, 3.8) is 0 Å². The van der Waals surface area contributed by atoms with Gasteiger partial charge in [-0.2, -0.15) is 0 Å². The molecule has 0 bridgehead atoms. The predicted octanol–water partition coefficient (Wildman–Crippen LogP) is 1.06. The molecule has 0 unspecified atom stereocenters. The molecule has 0 aliphatic heterocycles. The van der Waals surface area contributed by atoms with Gasteiger partial charge in [-0.1, -0.05) is 0 Å². The first-order valence-corrected chi connectivity index (χ1v) is 2.62. The normalized spacial score (nSPS) is 19.4. The maximum atomic E-state index is 7.21. The Morgan fingerprint density at radius 2 is 2.90 bits per heavy atom. The highest BCUT2D eigenvalue weighted by Gasteiger charge is 1.95. The quantitative estimate of drug-likeness (QED) is 0.673. The zero-order valence-corrected chi connectivity index (χ0v) is 5.16. The molecule has 0 saturated carbocycles. The fourth-order valence-electron chi connectivity index (χ4n) is 0.531. The van der Waals surface area contributed by atoms with Crippen molar-refractivity contribution in [2.24, 2.45) is 0 Å². The van der Waals surface area contributed by atoms with E-state index in [1.54, 1.807) is 0 Å². The summed E-state index contributed by atoms with van der Waals surface area (Å²) in [6, 6.07) is 1.39. The van der Waals surface area contributed by atoms with Crippen LogP contribution in [0.1, 0.15) is 13.7 Å². The molecule has 0 aliphatic rings. The molecular formula is C7H10N2O. The first-order valence-electron chi connectivity index (χ1n) is 5.12. The Kier molecular flexibility index (Phi) is 0.849. The Morgan fingerprint density at radius 1 is 2.00 bits per heavy atom. The van der Waals surface area contributed by atoms with E-state index in [1.807, 2.05) is 0 Å². The largest absolute Gasteiger partial charge is 0.490 e. The standard InChI is InChI=1S/C7H10N2O/c1-2-10-7-5-9-4-3-6(7)8/h3-5H,2H2,1H3,(H2,8,9)/i1D3,2D2. The summed E-state index contributed by atoms with van der Waals surface area (Å²) in [7, 11) is 0. The average Bonchev–Trinajstić information content (AvgIpc) is 2.06. The number of anilines is 1. The van der Waals surface area contributed by atoms with E-state index in [1.165, 1.54) is 18.5 Å². The van der Waals surface area contributed by atoms with Crippen LogP contribution < -0.4 is 10.5 Å². The summed E-state index contributed by atoms with van der Waals surface area (Å²) < 4.78 is 39.9. The van der Waals surface area contributed by atoms with Crippen molar-refractivity contribution in [3.8, 4) is 5.75 Å². The van der Waals surface area contributed by atoms with E-state index in [0.717, 1.165) is 0 Å². The van der Waals surface area contributed by atoms with Gasteiger partial charge in [-0.15, -0.1) is 0 Å². The fourth-order valence-corrected chi connectivity index (χ4v) is 0.531. The molecule has 0 fully saturated rings. The molecule has 0 atom stereocenters. The van der Waals surface area contributed by atoms with Crippen LogP contribution in [0.4, 0.5) is 5.69 Å². The Labute approximate surface area is 66.9 Å². The van der Waals surface area contributed by atoms with Crippen molar-refractivity contribution in [2.45, 2.75) is 6.85 Å². The van der Waals surface area contributed by atoms with Crippen LogP contribution in [-0.4, -0.2) is 11.5 Å².